The van der Waals surface area contributed by atoms with Crippen molar-refractivity contribution in [3.63, 3.8) is 0 Å². The van der Waals surface area contributed by atoms with Gasteiger partial charge in [-0.05, 0) is 43.4 Å². The molecule has 1 amide bonds. The van der Waals surface area contributed by atoms with Gasteiger partial charge >= 0.3 is 17.9 Å². The molecule has 0 aliphatic carbocycles. The van der Waals surface area contributed by atoms with E-state index in [9.17, 15) is 44.4 Å². The van der Waals surface area contributed by atoms with Crippen molar-refractivity contribution in [2.45, 2.75) is 108 Å². The quantitative estimate of drug-likeness (QED) is 0.0782. The first kappa shape index (κ1) is 39.4. The first-order valence-corrected chi connectivity index (χ1v) is 16.8. The molecule has 0 spiro atoms. The number of nitrogens with one attached hydrogen (secondary N) is 1. The second-order valence-corrected chi connectivity index (χ2v) is 12.2. The number of hydrogen-bond acceptors (Lipinski definition) is 8. The second-order valence-electron chi connectivity index (χ2n) is 12.2. The number of carbonyl (C=O) groups is 5. The van der Waals surface area contributed by atoms with Gasteiger partial charge in [0.05, 0.1) is 25.6 Å². The molecular formula is C35H52N2O10. The summed E-state index contributed by atoms with van der Waals surface area (Å²) in [6.07, 6.45) is 11.4. The Hall–Kier alpha value is -3.77. The van der Waals surface area contributed by atoms with Crippen molar-refractivity contribution >= 4 is 35.3 Å². The normalized spacial score (nSPS) is 15.9. The van der Waals surface area contributed by atoms with Crippen LogP contribution in [0.2, 0.25) is 0 Å². The van der Waals surface area contributed by atoms with Crippen LogP contribution < -0.4 is 10.2 Å². The fourth-order valence-corrected chi connectivity index (χ4v) is 5.60. The maximum absolute atomic E-state index is 13.3. The minimum atomic E-state index is -3.01. The standard InChI is InChI=1S/C35H52N2O10/c1-2-3-4-7-10-13-28(38)14-11-8-5-6-9-12-15-29(35(46,34(44)45)25-31(39)40)32(41)36-30(33(42)43)24-26-16-18-27(19-17-26)37-20-22-47-23-21-37/h12,15-19,29-30,46H,2-11,13-14,20-25H2,1H3,(H,36,41)(H,39,40)(H,42,43)(H,44,45)/b15-12+/t29-,30+,35+/m1/s1. The molecule has 1 aromatic carbocycles. The van der Waals surface area contributed by atoms with E-state index in [1.807, 2.05) is 12.1 Å². The average molecular weight is 661 g/mol. The molecule has 12 nitrogen and oxygen atoms in total. The number of amides is 1. The fourth-order valence-electron chi connectivity index (χ4n) is 5.60. The number of benzene rings is 1. The minimum absolute atomic E-state index is 0.118. The zero-order valence-electron chi connectivity index (χ0n) is 27.5. The zero-order valence-corrected chi connectivity index (χ0v) is 27.5. The van der Waals surface area contributed by atoms with Gasteiger partial charge in [-0.2, -0.15) is 0 Å². The molecule has 47 heavy (non-hydrogen) atoms. The molecule has 1 aliphatic heterocycles. The minimum Gasteiger partial charge on any atom is -0.481 e. The highest BCUT2D eigenvalue weighted by atomic mass is 16.5. The molecule has 3 atom stereocenters. The number of anilines is 1. The number of carbonyl (C=O) groups excluding carboxylic acids is 2. The lowest BCUT2D eigenvalue weighted by molar-refractivity contribution is -0.172. The summed E-state index contributed by atoms with van der Waals surface area (Å²) in [7, 11) is 0. The van der Waals surface area contributed by atoms with Crippen molar-refractivity contribution in [1.82, 2.24) is 5.32 Å². The van der Waals surface area contributed by atoms with Crippen LogP contribution in [0.4, 0.5) is 5.69 Å². The van der Waals surface area contributed by atoms with Crippen LogP contribution in [0.5, 0.6) is 0 Å². The maximum Gasteiger partial charge on any atom is 0.337 e. The molecule has 2 rings (SSSR count). The molecule has 262 valence electrons. The van der Waals surface area contributed by atoms with Crippen LogP contribution in [0.3, 0.4) is 0 Å². The van der Waals surface area contributed by atoms with E-state index in [4.69, 9.17) is 4.74 Å². The van der Waals surface area contributed by atoms with Crippen LogP contribution >= 0.6 is 0 Å². The van der Waals surface area contributed by atoms with Crippen molar-refractivity contribution in [3.8, 4) is 0 Å². The number of ketones is 1. The summed E-state index contributed by atoms with van der Waals surface area (Å²) in [5.74, 6) is -7.62. The number of unbranched alkanes of at least 4 members (excludes halogenated alkanes) is 8. The Labute approximate surface area is 277 Å². The Morgan fingerprint density at radius 2 is 1.49 bits per heavy atom. The smallest absolute Gasteiger partial charge is 0.337 e. The summed E-state index contributed by atoms with van der Waals surface area (Å²) in [5.41, 5.74) is -1.46. The third-order valence-corrected chi connectivity index (χ3v) is 8.42. The number of Topliss-reactive ketones (excluding diaryl/α,β-unsaturated/α-hetero) is 1. The van der Waals surface area contributed by atoms with Crippen LogP contribution in [0, 0.1) is 5.92 Å². The Kier molecular flexibility index (Phi) is 17.8. The number of nitrogens with zero attached hydrogens (tertiary/aromatic N) is 1. The number of hydrogen-bond donors (Lipinski definition) is 5. The number of ether oxygens (including phenoxy) is 1. The second kappa shape index (κ2) is 21.2. The van der Waals surface area contributed by atoms with Gasteiger partial charge in [-0.1, -0.05) is 69.7 Å². The summed E-state index contributed by atoms with van der Waals surface area (Å²) in [4.78, 5) is 63.2. The number of aliphatic carboxylic acids is 3. The SMILES string of the molecule is CCCCCCCC(=O)CCCCCC/C=C/[C@H](C(=O)N[C@@H](Cc1ccc(N2CCOCC2)cc1)C(=O)O)[C@@](O)(CC(=O)O)C(=O)O. The van der Waals surface area contributed by atoms with Crippen molar-refractivity contribution in [2.75, 3.05) is 31.2 Å². The van der Waals surface area contributed by atoms with E-state index in [2.05, 4.69) is 17.1 Å². The number of carboxylic acid groups (broad SMARTS) is 3. The topological polar surface area (TPSA) is 191 Å². The molecule has 1 heterocycles. The Morgan fingerprint density at radius 1 is 0.894 bits per heavy atom. The Morgan fingerprint density at radius 3 is 2.04 bits per heavy atom. The summed E-state index contributed by atoms with van der Waals surface area (Å²) < 4.78 is 5.37. The van der Waals surface area contributed by atoms with Gasteiger partial charge in [-0.15, -0.1) is 0 Å². The molecule has 0 radical (unpaired) electrons. The summed E-state index contributed by atoms with van der Waals surface area (Å²) in [5, 5.41) is 42.2. The predicted octanol–water partition coefficient (Wildman–Crippen LogP) is 4.37. The zero-order chi connectivity index (χ0) is 34.7. The van der Waals surface area contributed by atoms with Crippen molar-refractivity contribution in [3.05, 3.63) is 42.0 Å². The lowest BCUT2D eigenvalue weighted by Crippen LogP contribution is -2.55. The highest BCUT2D eigenvalue weighted by Gasteiger charge is 2.49. The molecule has 1 fully saturated rings. The lowest BCUT2D eigenvalue weighted by Gasteiger charge is -2.30. The number of rotatable bonds is 24. The average Bonchev–Trinajstić information content (AvgIpc) is 3.03. The van der Waals surface area contributed by atoms with Crippen molar-refractivity contribution in [1.29, 1.82) is 0 Å². The first-order valence-electron chi connectivity index (χ1n) is 16.8. The molecule has 1 aromatic rings. The molecule has 0 aromatic heterocycles. The number of carboxylic acids is 3. The lowest BCUT2D eigenvalue weighted by atomic mass is 9.82. The van der Waals surface area contributed by atoms with Gasteiger partial charge in [0.1, 0.15) is 11.8 Å². The highest BCUT2D eigenvalue weighted by Crippen LogP contribution is 2.26. The van der Waals surface area contributed by atoms with E-state index >= 15 is 0 Å². The van der Waals surface area contributed by atoms with E-state index in [-0.39, 0.29) is 12.2 Å². The summed E-state index contributed by atoms with van der Waals surface area (Å²) in [6, 6.07) is 5.71. The van der Waals surface area contributed by atoms with Gasteiger partial charge < -0.3 is 35.4 Å². The third kappa shape index (κ3) is 14.3. The molecule has 0 saturated carbocycles. The van der Waals surface area contributed by atoms with E-state index in [0.717, 1.165) is 69.8 Å². The van der Waals surface area contributed by atoms with Gasteiger partial charge in [0, 0.05) is 38.0 Å². The van der Waals surface area contributed by atoms with Gasteiger partial charge in [-0.3, -0.25) is 14.4 Å². The Bertz CT molecular complexity index is 1180. The Balaban J connectivity index is 1.99. The third-order valence-electron chi connectivity index (χ3n) is 8.42. The first-order chi connectivity index (χ1) is 22.5. The number of allylic oxidation sites excluding steroid dienone is 1. The molecule has 12 heteroatoms. The molecule has 1 saturated heterocycles. The van der Waals surface area contributed by atoms with Crippen LogP contribution in [-0.4, -0.2) is 88.0 Å². The maximum atomic E-state index is 13.3. The van der Waals surface area contributed by atoms with E-state index < -0.39 is 47.8 Å². The van der Waals surface area contributed by atoms with E-state index in [0.29, 0.717) is 44.5 Å². The van der Waals surface area contributed by atoms with E-state index in [1.54, 1.807) is 12.1 Å². The monoisotopic (exact) mass is 660 g/mol. The number of aliphatic hydroxyl groups is 1. The predicted molar refractivity (Wildman–Crippen MR) is 176 cm³/mol. The van der Waals surface area contributed by atoms with Crippen LogP contribution in [0.25, 0.3) is 0 Å². The summed E-state index contributed by atoms with van der Waals surface area (Å²) >= 11 is 0. The van der Waals surface area contributed by atoms with Crippen LogP contribution in [-0.2, 0) is 35.1 Å². The largest absolute Gasteiger partial charge is 0.481 e. The van der Waals surface area contributed by atoms with E-state index in [1.165, 1.54) is 12.5 Å². The van der Waals surface area contributed by atoms with Crippen LogP contribution in [0.15, 0.2) is 36.4 Å². The van der Waals surface area contributed by atoms with Crippen molar-refractivity contribution in [2.24, 2.45) is 5.92 Å². The summed E-state index contributed by atoms with van der Waals surface area (Å²) in [6.45, 7) is 4.82. The molecule has 1 aliphatic rings. The highest BCUT2D eigenvalue weighted by molar-refractivity contribution is 5.94. The van der Waals surface area contributed by atoms with Gasteiger partial charge in [0.2, 0.25) is 5.91 Å². The fraction of sp³-hybridized carbons (Fsp3) is 0.629. The van der Waals surface area contributed by atoms with Gasteiger partial charge in [-0.25, -0.2) is 9.59 Å². The van der Waals surface area contributed by atoms with Gasteiger partial charge in [0.15, 0.2) is 5.60 Å². The molecule has 0 bridgehead atoms. The number of morpholine rings is 1. The molecule has 5 N–H and O–H groups in total. The molecule has 0 unspecified atom stereocenters. The van der Waals surface area contributed by atoms with Crippen LogP contribution in [0.1, 0.15) is 96.0 Å². The van der Waals surface area contributed by atoms with Crippen molar-refractivity contribution < 1.29 is 49.1 Å². The molecular weight excluding hydrogens is 608 g/mol. The van der Waals surface area contributed by atoms with Gasteiger partial charge in [0.25, 0.3) is 0 Å².